The molecule has 0 aliphatic carbocycles. The highest BCUT2D eigenvalue weighted by atomic mass is 32.2. The summed E-state index contributed by atoms with van der Waals surface area (Å²) in [4.78, 5) is 31.3. The second kappa shape index (κ2) is 8.99. The Kier molecular flexibility index (Phi) is 6.42. The van der Waals surface area contributed by atoms with Crippen molar-refractivity contribution in [1.82, 2.24) is 19.6 Å². The summed E-state index contributed by atoms with van der Waals surface area (Å²) in [7, 11) is 0. The van der Waals surface area contributed by atoms with Crippen molar-refractivity contribution in [3.8, 4) is 0 Å². The van der Waals surface area contributed by atoms with Crippen molar-refractivity contribution in [3.63, 3.8) is 0 Å². The van der Waals surface area contributed by atoms with E-state index in [0.29, 0.717) is 16.6 Å². The first-order valence-corrected chi connectivity index (χ1v) is 10.3. The van der Waals surface area contributed by atoms with E-state index in [4.69, 9.17) is 0 Å². The van der Waals surface area contributed by atoms with E-state index in [1.165, 1.54) is 41.6 Å². The molecule has 0 spiro atoms. The van der Waals surface area contributed by atoms with Crippen LogP contribution in [-0.2, 0) is 11.2 Å². The second-order valence-corrected chi connectivity index (χ2v) is 7.55. The number of fused-ring (bicyclic) bond motifs is 1. The molecule has 152 valence electrons. The van der Waals surface area contributed by atoms with Gasteiger partial charge in [-0.15, -0.1) is 5.10 Å². The number of nitro benzene ring substituents is 1. The van der Waals surface area contributed by atoms with Gasteiger partial charge in [-0.1, -0.05) is 25.1 Å². The van der Waals surface area contributed by atoms with Gasteiger partial charge in [0, 0.05) is 29.2 Å². The molecule has 0 saturated carbocycles. The summed E-state index contributed by atoms with van der Waals surface area (Å²) in [6, 6.07) is 5.69. The zero-order valence-corrected chi connectivity index (χ0v) is 17.3. The number of anilines is 1. The Morgan fingerprint density at radius 3 is 2.62 bits per heavy atom. The van der Waals surface area contributed by atoms with Crippen LogP contribution in [0.25, 0.3) is 5.78 Å². The minimum absolute atomic E-state index is 0.0252. The molecule has 0 aliphatic rings. The average Bonchev–Trinajstić information content (AvgIpc) is 3.10. The van der Waals surface area contributed by atoms with Gasteiger partial charge < -0.3 is 5.32 Å². The zero-order chi connectivity index (χ0) is 21.0. The van der Waals surface area contributed by atoms with Crippen LogP contribution in [0.15, 0.2) is 29.4 Å². The van der Waals surface area contributed by atoms with E-state index >= 15 is 0 Å². The monoisotopic (exact) mass is 414 g/mol. The maximum atomic E-state index is 12.2. The fourth-order valence-corrected chi connectivity index (χ4v) is 3.58. The maximum Gasteiger partial charge on any atom is 0.269 e. The number of amides is 1. The van der Waals surface area contributed by atoms with Crippen LogP contribution in [0.2, 0.25) is 0 Å². The largest absolute Gasteiger partial charge is 0.325 e. The molecule has 10 heteroatoms. The van der Waals surface area contributed by atoms with Gasteiger partial charge in [0.2, 0.25) is 11.1 Å². The average molecular weight is 414 g/mol. The predicted octanol–water partition coefficient (Wildman–Crippen LogP) is 3.72. The smallest absolute Gasteiger partial charge is 0.269 e. The Hall–Kier alpha value is -3.01. The Balaban J connectivity index is 1.66. The number of unbranched alkanes of at least 4 members (excludes halogenated alkanes) is 1. The van der Waals surface area contributed by atoms with Gasteiger partial charge in [-0.25, -0.2) is 9.50 Å². The van der Waals surface area contributed by atoms with Crippen molar-refractivity contribution in [2.75, 3.05) is 11.1 Å². The van der Waals surface area contributed by atoms with Crippen molar-refractivity contribution >= 4 is 34.8 Å². The molecule has 0 unspecified atom stereocenters. The summed E-state index contributed by atoms with van der Waals surface area (Å²) >= 11 is 1.22. The summed E-state index contributed by atoms with van der Waals surface area (Å²) in [5.41, 5.74) is 3.65. The minimum Gasteiger partial charge on any atom is -0.325 e. The van der Waals surface area contributed by atoms with Crippen LogP contribution >= 0.6 is 11.8 Å². The van der Waals surface area contributed by atoms with Crippen LogP contribution < -0.4 is 5.32 Å². The highest BCUT2D eigenvalue weighted by Crippen LogP contribution is 2.20. The third-order valence-corrected chi connectivity index (χ3v) is 5.34. The van der Waals surface area contributed by atoms with Crippen molar-refractivity contribution in [3.05, 3.63) is 51.3 Å². The molecule has 0 aliphatic heterocycles. The van der Waals surface area contributed by atoms with Crippen LogP contribution in [0, 0.1) is 24.0 Å². The van der Waals surface area contributed by atoms with Crippen LogP contribution in [0.5, 0.6) is 0 Å². The third kappa shape index (κ3) is 4.89. The number of non-ortho nitro benzene ring substituents is 1. The lowest BCUT2D eigenvalue weighted by Gasteiger charge is -2.09. The van der Waals surface area contributed by atoms with Crippen LogP contribution in [0.3, 0.4) is 0 Å². The van der Waals surface area contributed by atoms with Crippen molar-refractivity contribution in [1.29, 1.82) is 0 Å². The zero-order valence-electron chi connectivity index (χ0n) is 16.5. The number of aromatic nitrogens is 4. The fraction of sp³-hybridized carbons (Fsp3) is 0.368. The summed E-state index contributed by atoms with van der Waals surface area (Å²) in [6.45, 7) is 6.15. The standard InChI is InChI=1S/C19H22N6O3S/c1-4-5-6-16-12(2)20-18-22-19(23-24(18)13(16)3)29-11-17(26)21-14-7-9-15(10-8-14)25(27)28/h7-10H,4-6,11H2,1-3H3,(H,21,26). The maximum absolute atomic E-state index is 12.2. The number of thioether (sulfide) groups is 1. The Labute approximate surface area is 172 Å². The number of nitro groups is 1. The number of rotatable bonds is 8. The van der Waals surface area contributed by atoms with Gasteiger partial charge in [0.25, 0.3) is 11.5 Å². The molecule has 2 heterocycles. The number of nitrogens with one attached hydrogen (secondary N) is 1. The Morgan fingerprint density at radius 2 is 1.97 bits per heavy atom. The first-order chi connectivity index (χ1) is 13.9. The predicted molar refractivity (Wildman–Crippen MR) is 111 cm³/mol. The lowest BCUT2D eigenvalue weighted by Crippen LogP contribution is -2.14. The molecule has 0 atom stereocenters. The molecular weight excluding hydrogens is 392 g/mol. The Morgan fingerprint density at radius 1 is 1.24 bits per heavy atom. The van der Waals surface area contributed by atoms with Gasteiger partial charge in [-0.05, 0) is 44.4 Å². The van der Waals surface area contributed by atoms with Gasteiger partial charge in [0.1, 0.15) is 0 Å². The molecule has 1 aromatic carbocycles. The first-order valence-electron chi connectivity index (χ1n) is 9.29. The fourth-order valence-electron chi connectivity index (χ4n) is 2.96. The highest BCUT2D eigenvalue weighted by molar-refractivity contribution is 7.99. The van der Waals surface area contributed by atoms with E-state index in [1.54, 1.807) is 4.52 Å². The highest BCUT2D eigenvalue weighted by Gasteiger charge is 2.14. The van der Waals surface area contributed by atoms with Gasteiger partial charge in [-0.2, -0.15) is 4.98 Å². The second-order valence-electron chi connectivity index (χ2n) is 6.61. The van der Waals surface area contributed by atoms with E-state index in [9.17, 15) is 14.9 Å². The van der Waals surface area contributed by atoms with E-state index in [2.05, 4.69) is 27.3 Å². The lowest BCUT2D eigenvalue weighted by atomic mass is 10.1. The molecule has 1 amide bonds. The summed E-state index contributed by atoms with van der Waals surface area (Å²) in [5, 5.41) is 18.3. The molecule has 0 fully saturated rings. The normalized spacial score (nSPS) is 11.0. The van der Waals surface area contributed by atoms with Crippen molar-refractivity contribution < 1.29 is 9.72 Å². The van der Waals surface area contributed by atoms with E-state index in [0.717, 1.165) is 30.7 Å². The number of carbonyl (C=O) groups excluding carboxylic acids is 1. The molecular formula is C19H22N6O3S. The molecule has 1 N–H and O–H groups in total. The van der Waals surface area contributed by atoms with Gasteiger partial charge in [0.05, 0.1) is 10.7 Å². The van der Waals surface area contributed by atoms with E-state index in [-0.39, 0.29) is 17.3 Å². The molecule has 2 aromatic heterocycles. The summed E-state index contributed by atoms with van der Waals surface area (Å²) in [6.07, 6.45) is 3.16. The first kappa shape index (κ1) is 20.7. The summed E-state index contributed by atoms with van der Waals surface area (Å²) < 4.78 is 1.73. The minimum atomic E-state index is -0.484. The van der Waals surface area contributed by atoms with Crippen molar-refractivity contribution in [2.24, 2.45) is 0 Å². The van der Waals surface area contributed by atoms with Crippen LogP contribution in [0.1, 0.15) is 36.7 Å². The number of benzene rings is 1. The molecule has 3 aromatic rings. The quantitative estimate of drug-likeness (QED) is 0.339. The van der Waals surface area contributed by atoms with Gasteiger partial charge in [0.15, 0.2) is 0 Å². The van der Waals surface area contributed by atoms with Crippen LogP contribution in [0.4, 0.5) is 11.4 Å². The van der Waals surface area contributed by atoms with Gasteiger partial charge in [-0.3, -0.25) is 14.9 Å². The lowest BCUT2D eigenvalue weighted by molar-refractivity contribution is -0.384. The molecule has 3 rings (SSSR count). The van der Waals surface area contributed by atoms with Gasteiger partial charge >= 0.3 is 0 Å². The number of aryl methyl sites for hydroxylation is 2. The number of hydrogen-bond donors (Lipinski definition) is 1. The molecule has 0 bridgehead atoms. The molecule has 0 radical (unpaired) electrons. The third-order valence-electron chi connectivity index (χ3n) is 4.50. The Bertz CT molecular complexity index is 1050. The molecule has 29 heavy (non-hydrogen) atoms. The number of nitrogens with zero attached hydrogens (tertiary/aromatic N) is 5. The molecule has 0 saturated heterocycles. The summed E-state index contributed by atoms with van der Waals surface area (Å²) in [5.74, 6) is 0.403. The number of carbonyl (C=O) groups is 1. The van der Waals surface area contributed by atoms with E-state index < -0.39 is 4.92 Å². The SMILES string of the molecule is CCCCc1c(C)nc2nc(SCC(=O)Nc3ccc([N+](=O)[O-])cc3)nn2c1C. The topological polar surface area (TPSA) is 115 Å². The van der Waals surface area contributed by atoms with E-state index in [1.807, 2.05) is 13.8 Å². The number of hydrogen-bond acceptors (Lipinski definition) is 7. The molecule has 9 nitrogen and oxygen atoms in total. The van der Waals surface area contributed by atoms with Crippen molar-refractivity contribution in [2.45, 2.75) is 45.2 Å². The van der Waals surface area contributed by atoms with Crippen LogP contribution in [-0.4, -0.2) is 36.2 Å².